The number of carboxylic acid groups (broad SMARTS) is 1. The molecule has 0 aromatic heterocycles. The third-order valence-corrected chi connectivity index (χ3v) is 4.01. The second kappa shape index (κ2) is 3.64. The number of hydrogen-bond donors (Lipinski definition) is 3. The van der Waals surface area contributed by atoms with Gasteiger partial charge in [-0.15, -0.1) is 0 Å². The summed E-state index contributed by atoms with van der Waals surface area (Å²) in [5.74, 6) is -1.04. The Kier molecular flexibility index (Phi) is 2.92. The van der Waals surface area contributed by atoms with E-state index in [2.05, 4.69) is 38.3 Å². The standard InChI is InChI=1S/C11H20N2O3/c1-6(7(14)15)12-9(16)13-8-10(2,3)11(8,4)5/h6,8H,1-5H3,(H,14,15)(H2,12,13,16)/t6-/m0/s1. The molecular formula is C11H20N2O3. The first-order chi connectivity index (χ1) is 7.10. The van der Waals surface area contributed by atoms with Crippen LogP contribution in [-0.2, 0) is 4.79 Å². The lowest BCUT2D eigenvalue weighted by atomic mass is 10.0. The molecule has 1 aliphatic rings. The molecular weight excluding hydrogens is 208 g/mol. The molecule has 92 valence electrons. The molecule has 0 saturated heterocycles. The fourth-order valence-electron chi connectivity index (χ4n) is 1.99. The minimum atomic E-state index is -1.04. The molecule has 1 atom stereocenters. The number of rotatable bonds is 3. The van der Waals surface area contributed by atoms with Gasteiger partial charge in [0.25, 0.3) is 0 Å². The van der Waals surface area contributed by atoms with Gasteiger partial charge in [0, 0.05) is 6.04 Å². The van der Waals surface area contributed by atoms with Crippen molar-refractivity contribution in [1.29, 1.82) is 0 Å². The molecule has 0 spiro atoms. The Hall–Kier alpha value is -1.26. The van der Waals surface area contributed by atoms with Gasteiger partial charge in [-0.2, -0.15) is 0 Å². The van der Waals surface area contributed by atoms with Crippen LogP contribution in [0.4, 0.5) is 4.79 Å². The first-order valence-electron chi connectivity index (χ1n) is 5.40. The third-order valence-electron chi connectivity index (χ3n) is 4.01. The number of amides is 2. The van der Waals surface area contributed by atoms with Crippen LogP contribution >= 0.6 is 0 Å². The molecule has 0 aromatic carbocycles. The van der Waals surface area contributed by atoms with Gasteiger partial charge in [0.2, 0.25) is 0 Å². The lowest BCUT2D eigenvalue weighted by Crippen LogP contribution is -2.46. The Morgan fingerprint density at radius 3 is 1.94 bits per heavy atom. The van der Waals surface area contributed by atoms with Crippen molar-refractivity contribution in [1.82, 2.24) is 10.6 Å². The van der Waals surface area contributed by atoms with Crippen molar-refractivity contribution in [3.05, 3.63) is 0 Å². The highest BCUT2D eigenvalue weighted by Crippen LogP contribution is 2.62. The fourth-order valence-corrected chi connectivity index (χ4v) is 1.99. The summed E-state index contributed by atoms with van der Waals surface area (Å²) in [7, 11) is 0. The van der Waals surface area contributed by atoms with Crippen LogP contribution in [0.1, 0.15) is 34.6 Å². The van der Waals surface area contributed by atoms with E-state index >= 15 is 0 Å². The van der Waals surface area contributed by atoms with Gasteiger partial charge in [0.1, 0.15) is 6.04 Å². The summed E-state index contributed by atoms with van der Waals surface area (Å²) in [6.45, 7) is 9.76. The normalized spacial score (nSPS) is 23.3. The Bertz CT molecular complexity index is 309. The zero-order chi connectivity index (χ0) is 12.7. The van der Waals surface area contributed by atoms with Gasteiger partial charge < -0.3 is 15.7 Å². The number of carbonyl (C=O) groups is 2. The van der Waals surface area contributed by atoms with Gasteiger partial charge >= 0.3 is 12.0 Å². The molecule has 16 heavy (non-hydrogen) atoms. The minimum absolute atomic E-state index is 0.0524. The summed E-state index contributed by atoms with van der Waals surface area (Å²) in [6.07, 6.45) is 0. The molecule has 3 N–H and O–H groups in total. The number of aliphatic carboxylic acids is 1. The van der Waals surface area contributed by atoms with E-state index in [0.717, 1.165) is 0 Å². The lowest BCUT2D eigenvalue weighted by molar-refractivity contribution is -0.138. The highest BCUT2D eigenvalue weighted by Gasteiger charge is 2.65. The number of urea groups is 1. The van der Waals surface area contributed by atoms with Gasteiger partial charge in [-0.25, -0.2) is 4.79 Å². The summed E-state index contributed by atoms with van der Waals surface area (Å²) < 4.78 is 0. The van der Waals surface area contributed by atoms with E-state index < -0.39 is 18.0 Å². The molecule has 1 saturated carbocycles. The summed E-state index contributed by atoms with van der Waals surface area (Å²) in [5.41, 5.74) is 0.105. The SMILES string of the molecule is C[C@H](NC(=O)NC1C(C)(C)C1(C)C)C(=O)O. The van der Waals surface area contributed by atoms with E-state index in [1.54, 1.807) is 0 Å². The van der Waals surface area contributed by atoms with E-state index in [4.69, 9.17) is 5.11 Å². The number of carbonyl (C=O) groups excluding carboxylic acids is 1. The average molecular weight is 228 g/mol. The first kappa shape index (κ1) is 12.8. The third kappa shape index (κ3) is 1.99. The first-order valence-corrected chi connectivity index (χ1v) is 5.40. The predicted molar refractivity (Wildman–Crippen MR) is 60.1 cm³/mol. The van der Waals surface area contributed by atoms with Crippen LogP contribution in [-0.4, -0.2) is 29.2 Å². The van der Waals surface area contributed by atoms with Gasteiger partial charge in [0.05, 0.1) is 0 Å². The summed E-state index contributed by atoms with van der Waals surface area (Å²) in [4.78, 5) is 22.0. The van der Waals surface area contributed by atoms with Crippen molar-refractivity contribution in [2.75, 3.05) is 0 Å². The minimum Gasteiger partial charge on any atom is -0.480 e. The monoisotopic (exact) mass is 228 g/mol. The largest absolute Gasteiger partial charge is 0.480 e. The Morgan fingerprint density at radius 2 is 1.62 bits per heavy atom. The van der Waals surface area contributed by atoms with Crippen molar-refractivity contribution >= 4 is 12.0 Å². The molecule has 5 nitrogen and oxygen atoms in total. The van der Waals surface area contributed by atoms with E-state index in [-0.39, 0.29) is 16.9 Å². The van der Waals surface area contributed by atoms with Gasteiger partial charge in [-0.05, 0) is 17.8 Å². The second-order valence-corrected chi connectivity index (χ2v) is 5.55. The van der Waals surface area contributed by atoms with Crippen LogP contribution in [0.3, 0.4) is 0 Å². The van der Waals surface area contributed by atoms with Crippen LogP contribution in [0.5, 0.6) is 0 Å². The second-order valence-electron chi connectivity index (χ2n) is 5.55. The number of carboxylic acids is 1. The van der Waals surface area contributed by atoms with Crippen LogP contribution < -0.4 is 10.6 Å². The molecule has 0 radical (unpaired) electrons. The predicted octanol–water partition coefficient (Wildman–Crippen LogP) is 1.19. The molecule has 0 aliphatic heterocycles. The maximum absolute atomic E-state index is 11.5. The summed E-state index contributed by atoms with van der Waals surface area (Å²) >= 11 is 0. The van der Waals surface area contributed by atoms with E-state index in [9.17, 15) is 9.59 Å². The molecule has 1 fully saturated rings. The van der Waals surface area contributed by atoms with Crippen LogP contribution in [0.25, 0.3) is 0 Å². The Morgan fingerprint density at radius 1 is 1.19 bits per heavy atom. The van der Waals surface area contributed by atoms with Crippen molar-refractivity contribution in [2.45, 2.75) is 46.7 Å². The average Bonchev–Trinajstić information content (AvgIpc) is 2.47. The molecule has 0 bridgehead atoms. The highest BCUT2D eigenvalue weighted by atomic mass is 16.4. The fraction of sp³-hybridized carbons (Fsp3) is 0.818. The molecule has 1 rings (SSSR count). The van der Waals surface area contributed by atoms with Crippen LogP contribution in [0, 0.1) is 10.8 Å². The Labute approximate surface area is 95.6 Å². The van der Waals surface area contributed by atoms with Gasteiger partial charge in [-0.1, -0.05) is 27.7 Å². The maximum Gasteiger partial charge on any atom is 0.325 e. The smallest absolute Gasteiger partial charge is 0.325 e. The topological polar surface area (TPSA) is 78.4 Å². The lowest BCUT2D eigenvalue weighted by Gasteiger charge is -2.11. The van der Waals surface area contributed by atoms with Crippen molar-refractivity contribution < 1.29 is 14.7 Å². The van der Waals surface area contributed by atoms with E-state index in [0.29, 0.717) is 0 Å². The van der Waals surface area contributed by atoms with Crippen LogP contribution in [0.15, 0.2) is 0 Å². The van der Waals surface area contributed by atoms with Crippen molar-refractivity contribution in [3.8, 4) is 0 Å². The molecule has 0 heterocycles. The number of nitrogens with one attached hydrogen (secondary N) is 2. The van der Waals surface area contributed by atoms with E-state index in [1.165, 1.54) is 6.92 Å². The van der Waals surface area contributed by atoms with Gasteiger partial charge in [0.15, 0.2) is 0 Å². The summed E-state index contributed by atoms with van der Waals surface area (Å²) in [6, 6.07) is -1.20. The quantitative estimate of drug-likeness (QED) is 0.679. The molecule has 2 amide bonds. The zero-order valence-corrected chi connectivity index (χ0v) is 10.4. The highest BCUT2D eigenvalue weighted by molar-refractivity contribution is 5.82. The van der Waals surface area contributed by atoms with Gasteiger partial charge in [-0.3, -0.25) is 4.79 Å². The van der Waals surface area contributed by atoms with Crippen LogP contribution in [0.2, 0.25) is 0 Å². The summed E-state index contributed by atoms with van der Waals surface area (Å²) in [5, 5.41) is 13.8. The molecule has 5 heteroatoms. The maximum atomic E-state index is 11.5. The Balaban J connectivity index is 2.47. The van der Waals surface area contributed by atoms with E-state index in [1.807, 2.05) is 0 Å². The van der Waals surface area contributed by atoms with Crippen molar-refractivity contribution in [2.24, 2.45) is 10.8 Å². The molecule has 0 unspecified atom stereocenters. The molecule has 0 aromatic rings. The van der Waals surface area contributed by atoms with Crippen molar-refractivity contribution in [3.63, 3.8) is 0 Å². The molecule has 1 aliphatic carbocycles. The zero-order valence-electron chi connectivity index (χ0n) is 10.4. The number of hydrogen-bond acceptors (Lipinski definition) is 2.